The van der Waals surface area contributed by atoms with Gasteiger partial charge in [-0.1, -0.05) is 18.2 Å². The fourth-order valence-electron chi connectivity index (χ4n) is 4.14. The quantitative estimate of drug-likeness (QED) is 0.262. The molecule has 11 nitrogen and oxygen atoms in total. The first kappa shape index (κ1) is 25.3. The molecule has 11 heteroatoms. The van der Waals surface area contributed by atoms with Gasteiger partial charge in [-0.3, -0.25) is 19.2 Å². The van der Waals surface area contributed by atoms with E-state index in [1.807, 2.05) is 0 Å². The lowest BCUT2D eigenvalue weighted by Crippen LogP contribution is -2.39. The zero-order valence-corrected chi connectivity index (χ0v) is 20.1. The van der Waals surface area contributed by atoms with E-state index < -0.39 is 34.1 Å². The van der Waals surface area contributed by atoms with Gasteiger partial charge in [0.2, 0.25) is 17.1 Å². The van der Waals surface area contributed by atoms with Gasteiger partial charge in [-0.2, -0.15) is 0 Å². The maximum Gasteiger partial charge on any atom is 0.316 e. The van der Waals surface area contributed by atoms with E-state index in [4.69, 9.17) is 9.15 Å². The van der Waals surface area contributed by atoms with Gasteiger partial charge in [0.25, 0.3) is 0 Å². The van der Waals surface area contributed by atoms with Gasteiger partial charge in [-0.15, -0.1) is 0 Å². The molecule has 2 aromatic carbocycles. The molecule has 0 saturated heterocycles. The van der Waals surface area contributed by atoms with Gasteiger partial charge >= 0.3 is 11.1 Å². The van der Waals surface area contributed by atoms with Crippen LogP contribution < -0.4 is 26.6 Å². The van der Waals surface area contributed by atoms with E-state index in [1.165, 1.54) is 29.9 Å². The monoisotopic (exact) mass is 507 g/mol. The Bertz CT molecular complexity index is 1650. The minimum absolute atomic E-state index is 0.0293. The molecule has 1 amide bonds. The van der Waals surface area contributed by atoms with E-state index in [9.17, 15) is 29.4 Å². The number of carbonyl (C=O) groups excluding carboxylic acids is 1. The topological polar surface area (TPSA) is 164 Å². The number of H-pyrrole nitrogens is 1. The van der Waals surface area contributed by atoms with Crippen molar-refractivity contribution in [2.75, 3.05) is 13.7 Å². The van der Waals surface area contributed by atoms with Crippen LogP contribution in [0.25, 0.3) is 11.0 Å². The SMILES string of the molecule is COc1cc(C(CC(=O)NCCn2c(=O)c(=O)[nH]c3ccccc32)c2oc(C)cc(=O)c2O)ccc1O. The van der Waals surface area contributed by atoms with Crippen LogP contribution in [0.2, 0.25) is 0 Å². The second-order valence-corrected chi connectivity index (χ2v) is 8.40. The fraction of sp³-hybridized carbons (Fsp3) is 0.231. The highest BCUT2D eigenvalue weighted by Crippen LogP contribution is 2.37. The average Bonchev–Trinajstić information content (AvgIpc) is 2.87. The number of aromatic amines is 1. The Morgan fingerprint density at radius 2 is 1.89 bits per heavy atom. The number of amides is 1. The normalized spacial score (nSPS) is 11.8. The molecule has 4 N–H and O–H groups in total. The fourth-order valence-corrected chi connectivity index (χ4v) is 4.14. The molecular formula is C26H25N3O8. The molecule has 0 spiro atoms. The van der Waals surface area contributed by atoms with Crippen LogP contribution >= 0.6 is 0 Å². The number of rotatable bonds is 8. The summed E-state index contributed by atoms with van der Waals surface area (Å²) in [6.07, 6.45) is -0.237. The number of ether oxygens (including phenoxy) is 1. The van der Waals surface area contributed by atoms with Crippen LogP contribution in [0, 0.1) is 6.92 Å². The van der Waals surface area contributed by atoms with Crippen molar-refractivity contribution in [1.29, 1.82) is 0 Å². The predicted molar refractivity (Wildman–Crippen MR) is 134 cm³/mol. The first-order chi connectivity index (χ1) is 17.7. The number of methoxy groups -OCH3 is 1. The van der Waals surface area contributed by atoms with Gasteiger partial charge in [0.1, 0.15) is 5.76 Å². The van der Waals surface area contributed by atoms with Crippen LogP contribution in [0.3, 0.4) is 0 Å². The number of aryl methyl sites for hydroxylation is 1. The number of phenols is 1. The molecule has 0 bridgehead atoms. The smallest absolute Gasteiger partial charge is 0.316 e. The first-order valence-corrected chi connectivity index (χ1v) is 11.4. The third-order valence-corrected chi connectivity index (χ3v) is 5.92. The molecule has 0 aliphatic heterocycles. The Labute approximate surface area is 209 Å². The van der Waals surface area contributed by atoms with Crippen molar-refractivity contribution < 1.29 is 24.2 Å². The molecule has 0 fully saturated rings. The molecule has 192 valence electrons. The maximum absolute atomic E-state index is 13.0. The van der Waals surface area contributed by atoms with E-state index >= 15 is 0 Å². The number of nitrogens with one attached hydrogen (secondary N) is 2. The van der Waals surface area contributed by atoms with E-state index in [1.54, 1.807) is 31.2 Å². The van der Waals surface area contributed by atoms with Gasteiger partial charge < -0.3 is 34.2 Å². The number of nitrogens with zero attached hydrogens (tertiary/aromatic N) is 1. The number of phenolic OH excluding ortho intramolecular Hbond substituents is 1. The van der Waals surface area contributed by atoms with Crippen LogP contribution in [-0.2, 0) is 11.3 Å². The Morgan fingerprint density at radius 3 is 2.65 bits per heavy atom. The van der Waals surface area contributed by atoms with Gasteiger partial charge in [0.15, 0.2) is 17.3 Å². The predicted octanol–water partition coefficient (Wildman–Crippen LogP) is 1.71. The average molecular weight is 507 g/mol. The summed E-state index contributed by atoms with van der Waals surface area (Å²) in [6, 6.07) is 12.3. The molecule has 4 rings (SSSR count). The highest BCUT2D eigenvalue weighted by atomic mass is 16.5. The Morgan fingerprint density at radius 1 is 1.14 bits per heavy atom. The van der Waals surface area contributed by atoms with Gasteiger partial charge in [-0.05, 0) is 36.8 Å². The molecule has 2 heterocycles. The summed E-state index contributed by atoms with van der Waals surface area (Å²) in [4.78, 5) is 52.1. The summed E-state index contributed by atoms with van der Waals surface area (Å²) < 4.78 is 12.1. The molecule has 2 aromatic heterocycles. The zero-order valence-electron chi connectivity index (χ0n) is 20.1. The van der Waals surface area contributed by atoms with Crippen molar-refractivity contribution in [3.8, 4) is 17.2 Å². The molecule has 37 heavy (non-hydrogen) atoms. The number of aromatic nitrogens is 2. The Balaban J connectivity index is 1.60. The molecular weight excluding hydrogens is 482 g/mol. The molecule has 0 aliphatic carbocycles. The second kappa shape index (κ2) is 10.4. The number of fused-ring (bicyclic) bond motifs is 1. The van der Waals surface area contributed by atoms with Crippen LogP contribution in [0.15, 0.2) is 67.3 Å². The maximum atomic E-state index is 13.0. The van der Waals surface area contributed by atoms with Gasteiger partial charge in [0, 0.05) is 25.6 Å². The summed E-state index contributed by atoms with van der Waals surface area (Å²) in [5.41, 5.74) is -0.711. The van der Waals surface area contributed by atoms with Crippen LogP contribution in [-0.4, -0.2) is 39.3 Å². The summed E-state index contributed by atoms with van der Waals surface area (Å²) in [5, 5.41) is 23.1. The second-order valence-electron chi connectivity index (χ2n) is 8.40. The molecule has 1 atom stereocenters. The van der Waals surface area contributed by atoms with Crippen molar-refractivity contribution >= 4 is 16.9 Å². The minimum Gasteiger partial charge on any atom is -0.504 e. The summed E-state index contributed by atoms with van der Waals surface area (Å²) in [6.45, 7) is 1.61. The van der Waals surface area contributed by atoms with Gasteiger partial charge in [0.05, 0.1) is 24.1 Å². The lowest BCUT2D eigenvalue weighted by atomic mass is 9.91. The third-order valence-electron chi connectivity index (χ3n) is 5.92. The number of benzene rings is 2. The van der Waals surface area contributed by atoms with Crippen molar-refractivity contribution in [2.45, 2.75) is 25.8 Å². The van der Waals surface area contributed by atoms with E-state index in [-0.39, 0.29) is 42.5 Å². The van der Waals surface area contributed by atoms with Crippen LogP contribution in [0.1, 0.15) is 29.4 Å². The van der Waals surface area contributed by atoms with Crippen molar-refractivity contribution in [1.82, 2.24) is 14.9 Å². The van der Waals surface area contributed by atoms with E-state index in [0.29, 0.717) is 16.6 Å². The van der Waals surface area contributed by atoms with E-state index in [0.717, 1.165) is 6.07 Å². The molecule has 1 unspecified atom stereocenters. The highest BCUT2D eigenvalue weighted by Gasteiger charge is 2.26. The largest absolute Gasteiger partial charge is 0.504 e. The number of hydrogen-bond acceptors (Lipinski definition) is 8. The third kappa shape index (κ3) is 5.25. The number of para-hydroxylation sites is 2. The number of carbonyl (C=O) groups is 1. The zero-order chi connectivity index (χ0) is 26.7. The van der Waals surface area contributed by atoms with Crippen molar-refractivity contribution in [2.24, 2.45) is 0 Å². The summed E-state index contributed by atoms with van der Waals surface area (Å²) in [7, 11) is 1.37. The molecule has 0 aliphatic rings. The highest BCUT2D eigenvalue weighted by molar-refractivity contribution is 5.78. The van der Waals surface area contributed by atoms with Crippen LogP contribution in [0.5, 0.6) is 17.2 Å². The standard InChI is InChI=1S/C26H25N3O8/c1-14-11-20(31)23(33)24(37-14)16(15-7-8-19(30)21(12-15)36-2)13-22(32)27-9-10-29-18-6-4-3-5-17(18)28-25(34)26(29)35/h3-8,11-12,16,30,33H,9-10,13H2,1-2H3,(H,27,32)(H,28,34). The lowest BCUT2D eigenvalue weighted by molar-refractivity contribution is -0.121. The Hall–Kier alpha value is -4.80. The first-order valence-electron chi connectivity index (χ1n) is 11.4. The van der Waals surface area contributed by atoms with E-state index in [2.05, 4.69) is 10.3 Å². The van der Waals surface area contributed by atoms with Gasteiger partial charge in [-0.25, -0.2) is 0 Å². The van der Waals surface area contributed by atoms with Crippen molar-refractivity contribution in [3.05, 3.63) is 96.5 Å². The summed E-state index contributed by atoms with van der Waals surface area (Å²) >= 11 is 0. The Kier molecular flexibility index (Phi) is 7.14. The molecule has 0 radical (unpaired) electrons. The summed E-state index contributed by atoms with van der Waals surface area (Å²) in [5.74, 6) is -1.85. The minimum atomic E-state index is -0.898. The molecule has 0 saturated carbocycles. The lowest BCUT2D eigenvalue weighted by Gasteiger charge is -2.19. The van der Waals surface area contributed by atoms with Crippen LogP contribution in [0.4, 0.5) is 0 Å². The number of aromatic hydroxyl groups is 2. The number of hydrogen-bond donors (Lipinski definition) is 4. The molecule has 4 aromatic rings. The van der Waals surface area contributed by atoms with Crippen molar-refractivity contribution in [3.63, 3.8) is 0 Å².